The second-order valence-corrected chi connectivity index (χ2v) is 7.92. The number of amides is 3. The van der Waals surface area contributed by atoms with Crippen LogP contribution in [0.4, 0.5) is 8.78 Å². The van der Waals surface area contributed by atoms with Crippen LogP contribution < -0.4 is 16.0 Å². The molecule has 0 aromatic heterocycles. The van der Waals surface area contributed by atoms with Gasteiger partial charge in [0.15, 0.2) is 11.6 Å². The Morgan fingerprint density at radius 2 is 1.84 bits per heavy atom. The van der Waals surface area contributed by atoms with Gasteiger partial charge in [0.2, 0.25) is 17.7 Å². The van der Waals surface area contributed by atoms with Gasteiger partial charge >= 0.3 is 5.97 Å². The highest BCUT2D eigenvalue weighted by atomic mass is 19.2. The van der Waals surface area contributed by atoms with Gasteiger partial charge in [0, 0.05) is 18.9 Å². The quantitative estimate of drug-likeness (QED) is 0.387. The second-order valence-electron chi connectivity index (χ2n) is 7.92. The molecule has 0 spiro atoms. The minimum absolute atomic E-state index is 0.0717. The molecule has 3 amide bonds. The third kappa shape index (κ3) is 7.30. The number of benzene rings is 1. The smallest absolute Gasteiger partial charge is 0.303 e. The summed E-state index contributed by atoms with van der Waals surface area (Å²) in [5.74, 6) is -5.09. The summed E-state index contributed by atoms with van der Waals surface area (Å²) in [5, 5.41) is 16.3. The molecule has 0 heterocycles. The van der Waals surface area contributed by atoms with E-state index in [0.717, 1.165) is 12.1 Å². The topological polar surface area (TPSA) is 125 Å². The molecular weight excluding hydrogens is 412 g/mol. The first kappa shape index (κ1) is 24.2. The molecule has 2 rings (SSSR count). The zero-order valence-corrected chi connectivity index (χ0v) is 17.4. The van der Waals surface area contributed by atoms with Gasteiger partial charge in [-0.2, -0.15) is 0 Å². The third-order valence-corrected chi connectivity index (χ3v) is 5.05. The predicted octanol–water partition coefficient (Wildman–Crippen LogP) is 1.31. The van der Waals surface area contributed by atoms with Crippen molar-refractivity contribution in [3.8, 4) is 0 Å². The Bertz CT molecular complexity index is 846. The van der Waals surface area contributed by atoms with Crippen LogP contribution in [0.3, 0.4) is 0 Å². The molecule has 1 fully saturated rings. The van der Waals surface area contributed by atoms with Crippen molar-refractivity contribution in [2.24, 2.45) is 11.8 Å². The van der Waals surface area contributed by atoms with E-state index in [1.54, 1.807) is 13.8 Å². The van der Waals surface area contributed by atoms with Gasteiger partial charge in [-0.15, -0.1) is 0 Å². The number of carbonyl (C=O) groups excluding carboxylic acids is 3. The Balaban J connectivity index is 1.77. The van der Waals surface area contributed by atoms with Gasteiger partial charge in [-0.25, -0.2) is 8.78 Å². The summed E-state index contributed by atoms with van der Waals surface area (Å²) in [6, 6.07) is 2.70. The standard InChI is InChI=1S/C21H27F2N3O5/c1-11(2)19(21(31)24-7-3-4-18(28)29)26-17(27)10-25-20(30)14-9-13(14)12-5-6-15(22)16(23)8-12/h5-6,8,11,13-14,19H,3-4,7,9-10H2,1-2H3,(H,24,31)(H,25,30)(H,26,27)(H,28,29)/t13?,14?,19-/m0/s1. The molecule has 170 valence electrons. The van der Waals surface area contributed by atoms with Gasteiger partial charge in [0.1, 0.15) is 6.04 Å². The Morgan fingerprint density at radius 1 is 1.13 bits per heavy atom. The highest BCUT2D eigenvalue weighted by Crippen LogP contribution is 2.47. The molecule has 1 aromatic rings. The van der Waals surface area contributed by atoms with Crippen molar-refractivity contribution in [1.29, 1.82) is 0 Å². The Hall–Kier alpha value is -3.04. The van der Waals surface area contributed by atoms with E-state index in [4.69, 9.17) is 5.11 Å². The first-order chi connectivity index (χ1) is 14.6. The largest absolute Gasteiger partial charge is 0.481 e. The predicted molar refractivity (Wildman–Crippen MR) is 107 cm³/mol. The maximum Gasteiger partial charge on any atom is 0.303 e. The number of nitrogens with one attached hydrogen (secondary N) is 3. The summed E-state index contributed by atoms with van der Waals surface area (Å²) in [5.41, 5.74) is 0.531. The van der Waals surface area contributed by atoms with Crippen LogP contribution in [0.2, 0.25) is 0 Å². The minimum Gasteiger partial charge on any atom is -0.481 e. The molecule has 0 aliphatic heterocycles. The SMILES string of the molecule is CC(C)[C@H](NC(=O)CNC(=O)C1CC1c1ccc(F)c(F)c1)C(=O)NCCCC(=O)O. The Labute approximate surface area is 178 Å². The van der Waals surface area contributed by atoms with E-state index in [9.17, 15) is 28.0 Å². The van der Waals surface area contributed by atoms with Gasteiger partial charge < -0.3 is 21.1 Å². The molecule has 31 heavy (non-hydrogen) atoms. The molecule has 0 bridgehead atoms. The minimum atomic E-state index is -0.969. The molecule has 0 radical (unpaired) electrons. The summed E-state index contributed by atoms with van der Waals surface area (Å²) in [4.78, 5) is 47.2. The lowest BCUT2D eigenvalue weighted by Crippen LogP contribution is -2.52. The van der Waals surface area contributed by atoms with Crippen LogP contribution in [-0.4, -0.2) is 47.9 Å². The lowest BCUT2D eigenvalue weighted by atomic mass is 10.0. The van der Waals surface area contributed by atoms with Crippen molar-refractivity contribution in [1.82, 2.24) is 16.0 Å². The van der Waals surface area contributed by atoms with E-state index in [-0.39, 0.29) is 43.7 Å². The lowest BCUT2D eigenvalue weighted by molar-refractivity contribution is -0.137. The molecule has 0 saturated heterocycles. The molecule has 8 nitrogen and oxygen atoms in total. The van der Waals surface area contributed by atoms with Crippen molar-refractivity contribution in [2.45, 2.75) is 45.1 Å². The fraction of sp³-hybridized carbons (Fsp3) is 0.524. The Morgan fingerprint density at radius 3 is 2.45 bits per heavy atom. The molecule has 1 aliphatic carbocycles. The number of hydrogen-bond donors (Lipinski definition) is 4. The maximum atomic E-state index is 13.3. The van der Waals surface area contributed by atoms with Crippen molar-refractivity contribution < 1.29 is 33.1 Å². The summed E-state index contributed by atoms with van der Waals surface area (Å²) in [6.45, 7) is 3.34. The molecule has 1 aromatic carbocycles. The highest BCUT2D eigenvalue weighted by molar-refractivity contribution is 5.91. The molecule has 4 N–H and O–H groups in total. The van der Waals surface area contributed by atoms with Gasteiger partial charge in [-0.05, 0) is 42.4 Å². The number of carboxylic acid groups (broad SMARTS) is 1. The van der Waals surface area contributed by atoms with Gasteiger partial charge in [-0.3, -0.25) is 19.2 Å². The van der Waals surface area contributed by atoms with E-state index in [2.05, 4.69) is 16.0 Å². The van der Waals surface area contributed by atoms with Crippen LogP contribution in [0.1, 0.15) is 44.6 Å². The summed E-state index contributed by atoms with van der Waals surface area (Å²) < 4.78 is 26.4. The molecule has 1 aliphatic rings. The second kappa shape index (κ2) is 10.8. The number of rotatable bonds is 11. The average molecular weight is 439 g/mol. The van der Waals surface area contributed by atoms with Crippen molar-refractivity contribution in [2.75, 3.05) is 13.1 Å². The lowest BCUT2D eigenvalue weighted by Gasteiger charge is -2.21. The summed E-state index contributed by atoms with van der Waals surface area (Å²) >= 11 is 0. The number of carbonyl (C=O) groups is 4. The molecule has 3 atom stereocenters. The zero-order valence-electron chi connectivity index (χ0n) is 17.4. The van der Waals surface area contributed by atoms with Crippen LogP contribution in [0.25, 0.3) is 0 Å². The summed E-state index contributed by atoms with van der Waals surface area (Å²) in [7, 11) is 0. The highest BCUT2D eigenvalue weighted by Gasteiger charge is 2.44. The van der Waals surface area contributed by atoms with Crippen LogP contribution in [0.5, 0.6) is 0 Å². The van der Waals surface area contributed by atoms with E-state index >= 15 is 0 Å². The number of aliphatic carboxylic acids is 1. The van der Waals surface area contributed by atoms with Crippen molar-refractivity contribution >= 4 is 23.7 Å². The average Bonchev–Trinajstić information content (AvgIpc) is 3.50. The van der Waals surface area contributed by atoms with E-state index < -0.39 is 41.4 Å². The first-order valence-electron chi connectivity index (χ1n) is 10.1. The fourth-order valence-electron chi connectivity index (χ4n) is 3.22. The van der Waals surface area contributed by atoms with Gasteiger partial charge in [-0.1, -0.05) is 19.9 Å². The van der Waals surface area contributed by atoms with E-state index in [0.29, 0.717) is 12.0 Å². The monoisotopic (exact) mass is 439 g/mol. The molecule has 2 unspecified atom stereocenters. The van der Waals surface area contributed by atoms with Crippen molar-refractivity contribution in [3.05, 3.63) is 35.4 Å². The zero-order chi connectivity index (χ0) is 23.1. The fourth-order valence-corrected chi connectivity index (χ4v) is 3.22. The first-order valence-corrected chi connectivity index (χ1v) is 10.1. The van der Waals surface area contributed by atoms with Crippen molar-refractivity contribution in [3.63, 3.8) is 0 Å². The molecule has 1 saturated carbocycles. The normalized spacial score (nSPS) is 18.2. The van der Waals surface area contributed by atoms with Gasteiger partial charge in [0.25, 0.3) is 0 Å². The molecular formula is C21H27F2N3O5. The number of carboxylic acids is 1. The van der Waals surface area contributed by atoms with Crippen LogP contribution in [0.15, 0.2) is 18.2 Å². The van der Waals surface area contributed by atoms with Crippen LogP contribution in [-0.2, 0) is 19.2 Å². The number of halogens is 2. The third-order valence-electron chi connectivity index (χ3n) is 5.05. The van der Waals surface area contributed by atoms with E-state index in [1.165, 1.54) is 6.07 Å². The van der Waals surface area contributed by atoms with Crippen LogP contribution in [0, 0.1) is 23.5 Å². The Kier molecular flexibility index (Phi) is 8.47. The van der Waals surface area contributed by atoms with Crippen LogP contribution >= 0.6 is 0 Å². The molecule has 10 heteroatoms. The van der Waals surface area contributed by atoms with Gasteiger partial charge in [0.05, 0.1) is 6.54 Å². The van der Waals surface area contributed by atoms with E-state index in [1.807, 2.05) is 0 Å². The maximum absolute atomic E-state index is 13.3. The summed E-state index contributed by atoms with van der Waals surface area (Å²) in [6.07, 6.45) is 0.681. The number of hydrogen-bond acceptors (Lipinski definition) is 4.